The van der Waals surface area contributed by atoms with Crippen molar-refractivity contribution in [2.45, 2.75) is 12.1 Å². The van der Waals surface area contributed by atoms with Gasteiger partial charge in [0.05, 0.1) is 11.9 Å². The number of rotatable bonds is 10. The van der Waals surface area contributed by atoms with Crippen LogP contribution in [0.5, 0.6) is 0 Å². The van der Waals surface area contributed by atoms with Crippen LogP contribution in [0.25, 0.3) is 0 Å². The molecule has 0 bridgehead atoms. The second-order valence-corrected chi connectivity index (χ2v) is 6.15. The number of nitrogen functional groups attached to an aromatic ring is 1. The summed E-state index contributed by atoms with van der Waals surface area (Å²) in [5, 5.41) is 28.1. The Morgan fingerprint density at radius 3 is 2.32 bits per heavy atom. The van der Waals surface area contributed by atoms with Crippen LogP contribution < -0.4 is 86.1 Å². The Morgan fingerprint density at radius 1 is 1.23 bits per heavy atom. The van der Waals surface area contributed by atoms with E-state index < -0.39 is 60.7 Å². The molecule has 31 heavy (non-hydrogen) atoms. The number of amides is 3. The molecule has 2 heterocycles. The van der Waals surface area contributed by atoms with Crippen LogP contribution in [0.4, 0.5) is 5.13 Å². The molecule has 0 aromatic carbocycles. The van der Waals surface area contributed by atoms with Crippen LogP contribution in [0, 0.1) is 0 Å². The average molecular weight is 474 g/mol. The van der Waals surface area contributed by atoms with Gasteiger partial charge in [-0.1, -0.05) is 5.16 Å². The molecular formula is C13H12N6Na2O9S. The van der Waals surface area contributed by atoms with Gasteiger partial charge in [-0.15, -0.1) is 11.3 Å². The second-order valence-electron chi connectivity index (χ2n) is 5.26. The number of hydrogen-bond acceptors (Lipinski definition) is 13. The summed E-state index contributed by atoms with van der Waals surface area (Å²) in [6.07, 6.45) is 0. The van der Waals surface area contributed by atoms with Crippen molar-refractivity contribution in [3.63, 3.8) is 0 Å². The Balaban J connectivity index is 0.00000450. The maximum absolute atomic E-state index is 12.5. The van der Waals surface area contributed by atoms with Crippen molar-refractivity contribution in [1.82, 2.24) is 15.4 Å². The first-order valence-electron chi connectivity index (χ1n) is 7.49. The number of primary amides is 1. The van der Waals surface area contributed by atoms with Crippen molar-refractivity contribution in [2.75, 3.05) is 18.9 Å². The van der Waals surface area contributed by atoms with Crippen LogP contribution in [0.15, 0.2) is 10.5 Å². The topological polar surface area (TPSA) is 242 Å². The molecule has 1 aromatic heterocycles. The molecule has 1 fully saturated rings. The number of β-lactam (4-membered cyclic amide) rings is 1. The van der Waals surface area contributed by atoms with Gasteiger partial charge in [0, 0.05) is 5.38 Å². The maximum atomic E-state index is 12.5. The molecule has 156 valence electrons. The van der Waals surface area contributed by atoms with Crippen molar-refractivity contribution < 1.29 is 103 Å². The number of carboxylic acids is 2. The van der Waals surface area contributed by atoms with Crippen LogP contribution in [0.2, 0.25) is 0 Å². The number of aliphatic carboxylic acids is 2. The predicted octanol–water partition coefficient (Wildman–Crippen LogP) is -11.9. The van der Waals surface area contributed by atoms with Crippen molar-refractivity contribution in [1.29, 1.82) is 0 Å². The van der Waals surface area contributed by atoms with Gasteiger partial charge in [0.15, 0.2) is 23.5 Å². The number of thiazole rings is 1. The fourth-order valence-electron chi connectivity index (χ4n) is 2.11. The first kappa shape index (κ1) is 29.2. The van der Waals surface area contributed by atoms with E-state index in [1.54, 1.807) is 0 Å². The molecule has 1 aromatic rings. The van der Waals surface area contributed by atoms with Crippen LogP contribution in [0.3, 0.4) is 0 Å². The average Bonchev–Trinajstić information content (AvgIpc) is 3.05. The molecule has 1 aliphatic rings. The summed E-state index contributed by atoms with van der Waals surface area (Å²) in [6, 6.07) is -3.03. The van der Waals surface area contributed by atoms with Gasteiger partial charge < -0.3 is 41.4 Å². The predicted molar refractivity (Wildman–Crippen MR) is 86.7 cm³/mol. The summed E-state index contributed by atoms with van der Waals surface area (Å²) in [5.41, 5.74) is 9.97. The zero-order chi connectivity index (χ0) is 21.7. The zero-order valence-electron chi connectivity index (χ0n) is 16.2. The third kappa shape index (κ3) is 7.69. The molecule has 2 atom stereocenters. The molecule has 15 nitrogen and oxygen atoms in total. The van der Waals surface area contributed by atoms with Gasteiger partial charge in [-0.3, -0.25) is 19.2 Å². The quantitative estimate of drug-likeness (QED) is 0.124. The van der Waals surface area contributed by atoms with Gasteiger partial charge in [0.25, 0.3) is 11.8 Å². The van der Waals surface area contributed by atoms with Crippen molar-refractivity contribution >= 4 is 51.8 Å². The first-order valence-corrected chi connectivity index (χ1v) is 8.37. The number of carboxylic acid groups (broad SMARTS) is 2. The Kier molecular flexibility index (Phi) is 12.2. The minimum Gasteiger partial charge on any atom is -0.548 e. The summed E-state index contributed by atoms with van der Waals surface area (Å²) in [7, 11) is 0. The SMILES string of the molecule is NC(=O)[C@@H]1[C@H](NC(=O)/C(=N\OCC(=O)[O-])c2csc(N)n2)C(=O)N1OCC(=O)[O-].[Na+].[Na+]. The minimum atomic E-state index is -1.66. The molecule has 3 amide bonds. The van der Waals surface area contributed by atoms with Crippen molar-refractivity contribution in [3.8, 4) is 0 Å². The number of carbonyl (C=O) groups excluding carboxylic acids is 5. The molecule has 0 aliphatic carbocycles. The number of anilines is 1. The molecule has 2 rings (SSSR count). The molecule has 18 heteroatoms. The summed E-state index contributed by atoms with van der Waals surface area (Å²) in [6.45, 7) is -2.01. The van der Waals surface area contributed by atoms with E-state index in [0.29, 0.717) is 5.06 Å². The number of nitrogens with one attached hydrogen (secondary N) is 1. The second kappa shape index (κ2) is 12.9. The van der Waals surface area contributed by atoms with E-state index in [9.17, 15) is 34.2 Å². The van der Waals surface area contributed by atoms with E-state index in [-0.39, 0.29) is 69.9 Å². The molecule has 1 aliphatic heterocycles. The van der Waals surface area contributed by atoms with Crippen LogP contribution in [0.1, 0.15) is 5.69 Å². The maximum Gasteiger partial charge on any atom is 1.00 e. The molecule has 0 saturated carbocycles. The third-order valence-corrected chi connectivity index (χ3v) is 3.94. The van der Waals surface area contributed by atoms with Gasteiger partial charge >= 0.3 is 59.1 Å². The number of carbonyl (C=O) groups is 5. The third-order valence-electron chi connectivity index (χ3n) is 3.27. The molecule has 1 saturated heterocycles. The van der Waals surface area contributed by atoms with E-state index in [1.807, 2.05) is 0 Å². The summed E-state index contributed by atoms with van der Waals surface area (Å²) < 4.78 is 0. The van der Waals surface area contributed by atoms with Gasteiger partial charge in [-0.25, -0.2) is 10.0 Å². The number of hydroxylamine groups is 2. The monoisotopic (exact) mass is 474 g/mol. The molecule has 0 spiro atoms. The van der Waals surface area contributed by atoms with Crippen LogP contribution >= 0.6 is 11.3 Å². The van der Waals surface area contributed by atoms with Gasteiger partial charge in [0.1, 0.15) is 18.3 Å². The Morgan fingerprint density at radius 2 is 1.84 bits per heavy atom. The number of nitrogens with two attached hydrogens (primary N) is 2. The van der Waals surface area contributed by atoms with Gasteiger partial charge in [-0.2, -0.15) is 0 Å². The Bertz CT molecular complexity index is 895. The smallest absolute Gasteiger partial charge is 0.548 e. The Labute approximate surface area is 221 Å². The van der Waals surface area contributed by atoms with Crippen LogP contribution in [-0.2, 0) is 33.6 Å². The molecule has 0 unspecified atom stereocenters. The summed E-state index contributed by atoms with van der Waals surface area (Å²) in [4.78, 5) is 69.8. The fourth-order valence-corrected chi connectivity index (χ4v) is 2.66. The fraction of sp³-hybridized carbons (Fsp3) is 0.308. The summed E-state index contributed by atoms with van der Waals surface area (Å²) >= 11 is 0.935. The number of nitrogens with zero attached hydrogens (tertiary/aromatic N) is 3. The van der Waals surface area contributed by atoms with Crippen molar-refractivity contribution in [2.24, 2.45) is 10.9 Å². The van der Waals surface area contributed by atoms with Gasteiger partial charge in [-0.05, 0) is 0 Å². The zero-order valence-corrected chi connectivity index (χ0v) is 21.0. The van der Waals surface area contributed by atoms with E-state index in [4.69, 9.17) is 11.5 Å². The Hall–Kier alpha value is -1.79. The van der Waals surface area contributed by atoms with E-state index >= 15 is 0 Å². The van der Waals surface area contributed by atoms with E-state index in [2.05, 4.69) is 25.1 Å². The standard InChI is InChI=1S/C13H14N6O9S.2Na/c14-10(24)9-8(12(26)19(9)28-2-6(22)23)17-11(25)7(18-27-1-5(20)21)4-3-29-13(15)16-4;;/h3,8-9H,1-2H2,(H2,14,24)(H2,15,16)(H,17,25)(H,20,21)(H,22,23);;/q;2*+1/p-2/b18-7-;;/t8-,9-;;/m0../s1. The number of aromatic nitrogens is 1. The van der Waals surface area contributed by atoms with E-state index in [0.717, 1.165) is 11.3 Å². The first-order chi connectivity index (χ1) is 13.6. The largest absolute Gasteiger partial charge is 1.00 e. The molecule has 0 radical (unpaired) electrons. The van der Waals surface area contributed by atoms with Crippen LogP contribution in [-0.4, -0.2) is 70.7 Å². The van der Waals surface area contributed by atoms with E-state index in [1.165, 1.54) is 5.38 Å². The minimum absolute atomic E-state index is 0. The van der Waals surface area contributed by atoms with Crippen molar-refractivity contribution in [3.05, 3.63) is 11.1 Å². The normalized spacial score (nSPS) is 17.5. The number of oxime groups is 1. The van der Waals surface area contributed by atoms with Gasteiger partial charge in [0.2, 0.25) is 5.91 Å². The molecular weight excluding hydrogens is 462 g/mol. The molecule has 5 N–H and O–H groups in total. The summed E-state index contributed by atoms with van der Waals surface area (Å²) in [5.74, 6) is -6.43. The number of hydrogen-bond donors (Lipinski definition) is 3.